The van der Waals surface area contributed by atoms with Crippen LogP contribution in [-0.4, -0.2) is 38.0 Å². The summed E-state index contributed by atoms with van der Waals surface area (Å²) in [5.74, 6) is 0. The van der Waals surface area contributed by atoms with Crippen molar-refractivity contribution in [2.75, 3.05) is 26.4 Å². The van der Waals surface area contributed by atoms with Crippen LogP contribution in [0.2, 0.25) is 0 Å². The number of hydrogen-bond donors (Lipinski definition) is 1. The third kappa shape index (κ3) is 2.73. The van der Waals surface area contributed by atoms with E-state index >= 15 is 0 Å². The van der Waals surface area contributed by atoms with Crippen LogP contribution in [0, 0.1) is 5.41 Å². The summed E-state index contributed by atoms with van der Waals surface area (Å²) in [6.07, 6.45) is 9.09. The maximum atomic E-state index is 6.14. The van der Waals surface area contributed by atoms with Gasteiger partial charge in [0.15, 0.2) is 0 Å². The highest BCUT2D eigenvalue weighted by Gasteiger charge is 2.39. The summed E-state index contributed by atoms with van der Waals surface area (Å²) in [6.45, 7) is 6.22. The summed E-state index contributed by atoms with van der Waals surface area (Å²) in [7, 11) is 0. The molecule has 3 rings (SSSR count). The fourth-order valence-corrected chi connectivity index (χ4v) is 3.69. The molecule has 2 saturated heterocycles. The third-order valence-corrected chi connectivity index (χ3v) is 4.98. The van der Waals surface area contributed by atoms with E-state index in [1.165, 1.54) is 44.9 Å². The van der Waals surface area contributed by atoms with Gasteiger partial charge in [-0.05, 0) is 25.7 Å². The van der Waals surface area contributed by atoms with Gasteiger partial charge < -0.3 is 14.8 Å². The third-order valence-electron chi connectivity index (χ3n) is 4.98. The molecule has 1 N–H and O–H groups in total. The Bertz CT molecular complexity index is 277. The van der Waals surface area contributed by atoms with Gasteiger partial charge in [0.05, 0.1) is 18.8 Å². The first-order valence-corrected chi connectivity index (χ1v) is 7.65. The summed E-state index contributed by atoms with van der Waals surface area (Å²) >= 11 is 0. The molecule has 0 aromatic heterocycles. The van der Waals surface area contributed by atoms with Gasteiger partial charge in [0.2, 0.25) is 0 Å². The van der Waals surface area contributed by atoms with Gasteiger partial charge in [-0.15, -0.1) is 0 Å². The maximum absolute atomic E-state index is 6.14. The zero-order chi connectivity index (χ0) is 12.5. The maximum Gasteiger partial charge on any atom is 0.0697 e. The highest BCUT2D eigenvalue weighted by molar-refractivity contribution is 4.93. The van der Waals surface area contributed by atoms with Crippen LogP contribution in [0.5, 0.6) is 0 Å². The highest BCUT2D eigenvalue weighted by Crippen LogP contribution is 2.38. The van der Waals surface area contributed by atoms with Crippen LogP contribution in [0.4, 0.5) is 0 Å². The van der Waals surface area contributed by atoms with Crippen LogP contribution in [0.3, 0.4) is 0 Å². The van der Waals surface area contributed by atoms with Gasteiger partial charge in [0, 0.05) is 24.6 Å². The summed E-state index contributed by atoms with van der Waals surface area (Å²) in [5.41, 5.74) is 0.614. The van der Waals surface area contributed by atoms with Crippen LogP contribution in [0.25, 0.3) is 0 Å². The molecule has 1 spiro atoms. The highest BCUT2D eigenvalue weighted by atomic mass is 16.5. The van der Waals surface area contributed by atoms with Crippen molar-refractivity contribution in [1.82, 2.24) is 5.32 Å². The Hall–Kier alpha value is -0.120. The Balaban J connectivity index is 1.50. The lowest BCUT2D eigenvalue weighted by molar-refractivity contribution is -0.119. The lowest BCUT2D eigenvalue weighted by atomic mass is 9.78. The smallest absolute Gasteiger partial charge is 0.0697 e. The number of ether oxygens (including phenoxy) is 2. The van der Waals surface area contributed by atoms with E-state index < -0.39 is 0 Å². The van der Waals surface area contributed by atoms with Crippen molar-refractivity contribution in [3.8, 4) is 0 Å². The predicted molar refractivity (Wildman–Crippen MR) is 71.7 cm³/mol. The van der Waals surface area contributed by atoms with Crippen molar-refractivity contribution >= 4 is 0 Å². The molecule has 1 unspecified atom stereocenters. The minimum Gasteiger partial charge on any atom is -0.380 e. The van der Waals surface area contributed by atoms with Gasteiger partial charge in [0.1, 0.15) is 0 Å². The molecule has 2 aliphatic heterocycles. The topological polar surface area (TPSA) is 30.5 Å². The molecule has 3 heteroatoms. The second kappa shape index (κ2) is 5.10. The van der Waals surface area contributed by atoms with Crippen LogP contribution in [0.15, 0.2) is 0 Å². The lowest BCUT2D eigenvalue weighted by Gasteiger charge is -2.45. The molecule has 3 nitrogen and oxygen atoms in total. The first-order valence-electron chi connectivity index (χ1n) is 7.65. The molecule has 3 aliphatic rings. The monoisotopic (exact) mass is 253 g/mol. The van der Waals surface area contributed by atoms with Crippen molar-refractivity contribution < 1.29 is 9.47 Å². The fourth-order valence-electron chi connectivity index (χ4n) is 3.69. The van der Waals surface area contributed by atoms with Crippen molar-refractivity contribution in [2.24, 2.45) is 5.41 Å². The van der Waals surface area contributed by atoms with E-state index in [4.69, 9.17) is 9.47 Å². The van der Waals surface area contributed by atoms with Crippen LogP contribution < -0.4 is 5.32 Å². The summed E-state index contributed by atoms with van der Waals surface area (Å²) in [6, 6.07) is 0.661. The van der Waals surface area contributed by atoms with Crippen molar-refractivity contribution in [1.29, 1.82) is 0 Å². The number of rotatable bonds is 3. The molecule has 2 heterocycles. The zero-order valence-electron chi connectivity index (χ0n) is 11.7. The minimum absolute atomic E-state index is 0.227. The molecular formula is C15H27NO2. The largest absolute Gasteiger partial charge is 0.380 e. The minimum atomic E-state index is 0.227. The average Bonchev–Trinajstić information content (AvgIpc) is 2.35. The number of nitrogens with one attached hydrogen (secondary N) is 1. The molecule has 0 amide bonds. The SMILES string of the molecule is CC1(CNC2CCOC3(CCCCC3)C2)COC1. The molecule has 18 heavy (non-hydrogen) atoms. The molecule has 0 aromatic carbocycles. The van der Waals surface area contributed by atoms with E-state index in [0.29, 0.717) is 11.5 Å². The van der Waals surface area contributed by atoms with E-state index in [9.17, 15) is 0 Å². The first kappa shape index (κ1) is 12.9. The van der Waals surface area contributed by atoms with Gasteiger partial charge in [-0.25, -0.2) is 0 Å². The van der Waals surface area contributed by atoms with Gasteiger partial charge in [-0.3, -0.25) is 0 Å². The van der Waals surface area contributed by atoms with E-state index in [1.807, 2.05) is 0 Å². The Kier molecular flexibility index (Phi) is 3.65. The molecule has 0 aromatic rings. The average molecular weight is 253 g/mol. The zero-order valence-corrected chi connectivity index (χ0v) is 11.7. The molecule has 1 aliphatic carbocycles. The summed E-state index contributed by atoms with van der Waals surface area (Å²) < 4.78 is 11.5. The summed E-state index contributed by atoms with van der Waals surface area (Å²) in [4.78, 5) is 0. The van der Waals surface area contributed by atoms with E-state index in [0.717, 1.165) is 26.4 Å². The van der Waals surface area contributed by atoms with Crippen LogP contribution in [0.1, 0.15) is 51.9 Å². The Morgan fingerprint density at radius 2 is 1.94 bits per heavy atom. The van der Waals surface area contributed by atoms with E-state index in [1.54, 1.807) is 0 Å². The standard InChI is InChI=1S/C15H27NO2/c1-14(11-17-12-14)10-16-13-5-8-18-15(9-13)6-3-2-4-7-15/h13,16H,2-12H2,1H3. The van der Waals surface area contributed by atoms with Crippen LogP contribution in [-0.2, 0) is 9.47 Å². The second-order valence-electron chi connectivity index (χ2n) is 6.97. The second-order valence-corrected chi connectivity index (χ2v) is 6.97. The molecule has 0 bridgehead atoms. The predicted octanol–water partition coefficient (Wildman–Crippen LogP) is 2.49. The molecule has 3 fully saturated rings. The molecular weight excluding hydrogens is 226 g/mol. The number of hydrogen-bond acceptors (Lipinski definition) is 3. The van der Waals surface area contributed by atoms with Gasteiger partial charge in [0.25, 0.3) is 0 Å². The van der Waals surface area contributed by atoms with Gasteiger partial charge in [-0.2, -0.15) is 0 Å². The van der Waals surface area contributed by atoms with E-state index in [2.05, 4.69) is 12.2 Å². The van der Waals surface area contributed by atoms with E-state index in [-0.39, 0.29) is 5.60 Å². The molecule has 104 valence electrons. The normalized spacial score (nSPS) is 34.2. The quantitative estimate of drug-likeness (QED) is 0.838. The lowest BCUT2D eigenvalue weighted by Crippen LogP contribution is -2.53. The molecule has 1 saturated carbocycles. The van der Waals surface area contributed by atoms with Gasteiger partial charge >= 0.3 is 0 Å². The Morgan fingerprint density at radius 1 is 1.17 bits per heavy atom. The van der Waals surface area contributed by atoms with Crippen molar-refractivity contribution in [3.63, 3.8) is 0 Å². The Labute approximate surface area is 111 Å². The molecule has 0 radical (unpaired) electrons. The summed E-state index contributed by atoms with van der Waals surface area (Å²) in [5, 5.41) is 3.78. The first-order chi connectivity index (χ1) is 8.70. The van der Waals surface area contributed by atoms with Gasteiger partial charge in [-0.1, -0.05) is 26.2 Å². The Morgan fingerprint density at radius 3 is 2.61 bits per heavy atom. The van der Waals surface area contributed by atoms with Crippen LogP contribution >= 0.6 is 0 Å². The fraction of sp³-hybridized carbons (Fsp3) is 1.00. The van der Waals surface area contributed by atoms with Crippen molar-refractivity contribution in [2.45, 2.75) is 63.5 Å². The van der Waals surface area contributed by atoms with Crippen molar-refractivity contribution in [3.05, 3.63) is 0 Å². The molecule has 1 atom stereocenters.